The van der Waals surface area contributed by atoms with Crippen LogP contribution in [-0.2, 0) is 22.4 Å². The van der Waals surface area contributed by atoms with Crippen LogP contribution in [-0.4, -0.2) is 47.8 Å². The van der Waals surface area contributed by atoms with E-state index in [0.717, 1.165) is 36.2 Å². The van der Waals surface area contributed by atoms with Gasteiger partial charge in [-0.3, -0.25) is 9.59 Å². The third-order valence-corrected chi connectivity index (χ3v) is 5.28. The summed E-state index contributed by atoms with van der Waals surface area (Å²) in [6.45, 7) is 6.76. The van der Waals surface area contributed by atoms with Gasteiger partial charge in [-0.2, -0.15) is 0 Å². The molecule has 0 unspecified atom stereocenters. The molecule has 4 nitrogen and oxygen atoms in total. The van der Waals surface area contributed by atoms with E-state index in [2.05, 4.69) is 0 Å². The van der Waals surface area contributed by atoms with Crippen LogP contribution in [0.25, 0.3) is 0 Å². The van der Waals surface area contributed by atoms with Gasteiger partial charge in [0, 0.05) is 26.2 Å². The van der Waals surface area contributed by atoms with Gasteiger partial charge in [-0.15, -0.1) is 0 Å². The number of carbonyl (C=O) groups is 2. The molecule has 0 bridgehead atoms. The molecule has 0 atom stereocenters. The summed E-state index contributed by atoms with van der Waals surface area (Å²) < 4.78 is 0. The van der Waals surface area contributed by atoms with Gasteiger partial charge in [0.2, 0.25) is 11.8 Å². The molecule has 3 rings (SSSR count). The van der Waals surface area contributed by atoms with E-state index in [0.29, 0.717) is 25.9 Å². The minimum atomic E-state index is 0.145. The van der Waals surface area contributed by atoms with Crippen LogP contribution >= 0.6 is 0 Å². The van der Waals surface area contributed by atoms with Crippen LogP contribution in [0.4, 0.5) is 0 Å². The van der Waals surface area contributed by atoms with Crippen molar-refractivity contribution in [2.75, 3.05) is 26.2 Å². The number of hydrogen-bond donors (Lipinski definition) is 0. The third-order valence-electron chi connectivity index (χ3n) is 5.28. The average molecular weight is 364 g/mol. The summed E-state index contributed by atoms with van der Waals surface area (Å²) in [4.78, 5) is 29.1. The molecule has 2 aromatic rings. The number of rotatable bonds is 4. The third kappa shape index (κ3) is 5.19. The summed E-state index contributed by atoms with van der Waals surface area (Å²) in [7, 11) is 0. The molecule has 2 amide bonds. The highest BCUT2D eigenvalue weighted by Crippen LogP contribution is 2.12. The summed E-state index contributed by atoms with van der Waals surface area (Å²) in [5, 5.41) is 0. The highest BCUT2D eigenvalue weighted by Gasteiger charge is 2.22. The lowest BCUT2D eigenvalue weighted by Gasteiger charge is -2.22. The van der Waals surface area contributed by atoms with Gasteiger partial charge in [0.1, 0.15) is 0 Å². The number of amides is 2. The fourth-order valence-electron chi connectivity index (χ4n) is 3.49. The first-order chi connectivity index (χ1) is 13.0. The van der Waals surface area contributed by atoms with Crippen molar-refractivity contribution < 1.29 is 9.59 Å². The summed E-state index contributed by atoms with van der Waals surface area (Å²) in [6.07, 6.45) is 1.70. The van der Waals surface area contributed by atoms with Gasteiger partial charge in [-0.25, -0.2) is 0 Å². The van der Waals surface area contributed by atoms with Gasteiger partial charge in [0.25, 0.3) is 0 Å². The maximum atomic E-state index is 12.7. The predicted molar refractivity (Wildman–Crippen MR) is 108 cm³/mol. The fourth-order valence-corrected chi connectivity index (χ4v) is 3.49. The molecule has 4 heteroatoms. The van der Waals surface area contributed by atoms with Crippen LogP contribution in [0.3, 0.4) is 0 Å². The molecule has 0 radical (unpaired) electrons. The van der Waals surface area contributed by atoms with E-state index in [1.54, 1.807) is 0 Å². The smallest absolute Gasteiger partial charge is 0.227 e. The molecule has 0 aromatic heterocycles. The fraction of sp³-hybridized carbons (Fsp3) is 0.391. The first-order valence-corrected chi connectivity index (χ1v) is 9.68. The van der Waals surface area contributed by atoms with E-state index < -0.39 is 0 Å². The molecule has 2 aromatic carbocycles. The number of aryl methyl sites for hydroxylation is 2. The van der Waals surface area contributed by atoms with Crippen LogP contribution in [0.5, 0.6) is 0 Å². The second-order valence-corrected chi connectivity index (χ2v) is 7.38. The van der Waals surface area contributed by atoms with Crippen molar-refractivity contribution in [1.82, 2.24) is 9.80 Å². The Balaban J connectivity index is 1.55. The number of hydrogen-bond acceptors (Lipinski definition) is 2. The minimum absolute atomic E-state index is 0.145. The van der Waals surface area contributed by atoms with Crippen LogP contribution < -0.4 is 0 Å². The minimum Gasteiger partial charge on any atom is -0.341 e. The maximum Gasteiger partial charge on any atom is 0.227 e. The van der Waals surface area contributed by atoms with Gasteiger partial charge < -0.3 is 9.80 Å². The molecule has 1 aliphatic heterocycles. The first-order valence-electron chi connectivity index (χ1n) is 9.68. The van der Waals surface area contributed by atoms with E-state index in [4.69, 9.17) is 0 Å². The molecule has 1 aliphatic rings. The Morgan fingerprint density at radius 3 is 2.00 bits per heavy atom. The standard InChI is InChI=1S/C23H28N2O2/c1-18-8-10-20(11-9-18)16-22(26)24-12-5-13-25(15-14-24)23(27)17-21-7-4-3-6-19(21)2/h3-4,6-11H,5,12-17H2,1-2H3. The Labute approximate surface area is 161 Å². The van der Waals surface area contributed by atoms with E-state index in [1.165, 1.54) is 5.56 Å². The van der Waals surface area contributed by atoms with Crippen molar-refractivity contribution >= 4 is 11.8 Å². The summed E-state index contributed by atoms with van der Waals surface area (Å²) in [5.41, 5.74) is 4.47. The Kier molecular flexibility index (Phi) is 6.28. The van der Waals surface area contributed by atoms with Crippen molar-refractivity contribution in [2.24, 2.45) is 0 Å². The monoisotopic (exact) mass is 364 g/mol. The number of nitrogens with zero attached hydrogens (tertiary/aromatic N) is 2. The lowest BCUT2D eigenvalue weighted by molar-refractivity contribution is -0.132. The Hall–Kier alpha value is -2.62. The van der Waals surface area contributed by atoms with E-state index >= 15 is 0 Å². The van der Waals surface area contributed by atoms with Crippen molar-refractivity contribution in [1.29, 1.82) is 0 Å². The lowest BCUT2D eigenvalue weighted by Crippen LogP contribution is -2.38. The van der Waals surface area contributed by atoms with Gasteiger partial charge in [0.05, 0.1) is 12.8 Å². The SMILES string of the molecule is Cc1ccc(CC(=O)N2CCCN(C(=O)Cc3ccccc3C)CC2)cc1. The molecule has 1 saturated heterocycles. The van der Waals surface area contributed by atoms with Gasteiger partial charge in [0.15, 0.2) is 0 Å². The molecule has 1 heterocycles. The summed E-state index contributed by atoms with van der Waals surface area (Å²) >= 11 is 0. The summed E-state index contributed by atoms with van der Waals surface area (Å²) in [5.74, 6) is 0.296. The van der Waals surface area contributed by atoms with Gasteiger partial charge in [-0.05, 0) is 37.0 Å². The zero-order valence-corrected chi connectivity index (χ0v) is 16.3. The van der Waals surface area contributed by atoms with E-state index in [-0.39, 0.29) is 11.8 Å². The molecule has 0 spiro atoms. The van der Waals surface area contributed by atoms with Crippen molar-refractivity contribution in [3.63, 3.8) is 0 Å². The molecule has 27 heavy (non-hydrogen) atoms. The highest BCUT2D eigenvalue weighted by molar-refractivity contribution is 5.80. The second kappa shape index (κ2) is 8.85. The molecule has 0 aliphatic carbocycles. The zero-order chi connectivity index (χ0) is 19.2. The van der Waals surface area contributed by atoms with Gasteiger partial charge in [-0.1, -0.05) is 54.1 Å². The molecular weight excluding hydrogens is 336 g/mol. The Morgan fingerprint density at radius 2 is 1.37 bits per heavy atom. The van der Waals surface area contributed by atoms with E-state index in [9.17, 15) is 9.59 Å². The molecule has 1 fully saturated rings. The van der Waals surface area contributed by atoms with Gasteiger partial charge >= 0.3 is 0 Å². The van der Waals surface area contributed by atoms with Crippen LogP contribution in [0.15, 0.2) is 48.5 Å². The molecule has 0 N–H and O–H groups in total. The topological polar surface area (TPSA) is 40.6 Å². The van der Waals surface area contributed by atoms with Crippen molar-refractivity contribution in [3.8, 4) is 0 Å². The zero-order valence-electron chi connectivity index (χ0n) is 16.3. The van der Waals surface area contributed by atoms with Crippen molar-refractivity contribution in [3.05, 3.63) is 70.8 Å². The van der Waals surface area contributed by atoms with Crippen LogP contribution in [0.2, 0.25) is 0 Å². The molecule has 0 saturated carbocycles. The summed E-state index contributed by atoms with van der Waals surface area (Å²) in [6, 6.07) is 16.1. The Morgan fingerprint density at radius 1 is 0.778 bits per heavy atom. The van der Waals surface area contributed by atoms with E-state index in [1.807, 2.05) is 72.2 Å². The van der Waals surface area contributed by atoms with Crippen molar-refractivity contribution in [2.45, 2.75) is 33.1 Å². The predicted octanol–water partition coefficient (Wildman–Crippen LogP) is 3.15. The van der Waals surface area contributed by atoms with Crippen LogP contribution in [0, 0.1) is 13.8 Å². The lowest BCUT2D eigenvalue weighted by atomic mass is 10.1. The molecule has 142 valence electrons. The number of carbonyl (C=O) groups excluding carboxylic acids is 2. The largest absolute Gasteiger partial charge is 0.341 e. The Bertz CT molecular complexity index is 798. The maximum absolute atomic E-state index is 12.7. The first kappa shape index (κ1) is 19.2. The average Bonchev–Trinajstić information content (AvgIpc) is 2.92. The molecular formula is C23H28N2O2. The highest BCUT2D eigenvalue weighted by atomic mass is 16.2. The number of benzene rings is 2. The normalized spacial score (nSPS) is 14.7. The second-order valence-electron chi connectivity index (χ2n) is 7.38. The van der Waals surface area contributed by atoms with Crippen LogP contribution in [0.1, 0.15) is 28.7 Å². The quantitative estimate of drug-likeness (QED) is 0.836.